The maximum Gasteiger partial charge on any atom is 0.253 e. The van der Waals surface area contributed by atoms with Gasteiger partial charge in [-0.1, -0.05) is 6.07 Å². The minimum atomic E-state index is -0.276. The van der Waals surface area contributed by atoms with E-state index < -0.39 is 0 Å². The first kappa shape index (κ1) is 16.5. The molecule has 0 aromatic carbocycles. The van der Waals surface area contributed by atoms with E-state index in [1.165, 1.54) is 0 Å². The van der Waals surface area contributed by atoms with Gasteiger partial charge >= 0.3 is 0 Å². The van der Waals surface area contributed by atoms with E-state index >= 15 is 0 Å². The maximum atomic E-state index is 12.7. The second-order valence-corrected chi connectivity index (χ2v) is 6.33. The number of imidazole rings is 1. The Balaban J connectivity index is 1.48. The van der Waals surface area contributed by atoms with Crippen LogP contribution in [0.3, 0.4) is 0 Å². The van der Waals surface area contributed by atoms with Crippen molar-refractivity contribution in [1.82, 2.24) is 19.7 Å². The summed E-state index contributed by atoms with van der Waals surface area (Å²) >= 11 is 0. The average Bonchev–Trinajstić information content (AvgIpc) is 3.03. The highest BCUT2D eigenvalue weighted by Gasteiger charge is 2.29. The van der Waals surface area contributed by atoms with Crippen LogP contribution in [0.15, 0.2) is 48.9 Å². The third-order valence-electron chi connectivity index (χ3n) is 4.36. The average molecular weight is 352 g/mol. The van der Waals surface area contributed by atoms with Gasteiger partial charge in [-0.05, 0) is 31.5 Å². The summed E-state index contributed by atoms with van der Waals surface area (Å²) in [7, 11) is 0. The monoisotopic (exact) mass is 352 g/mol. The summed E-state index contributed by atoms with van der Waals surface area (Å²) in [5.74, 6) is 0.386. The molecule has 2 atom stereocenters. The number of fused-ring (bicyclic) bond motifs is 1. The van der Waals surface area contributed by atoms with Crippen LogP contribution in [0, 0.1) is 6.92 Å². The zero-order valence-corrected chi connectivity index (χ0v) is 14.5. The van der Waals surface area contributed by atoms with Gasteiger partial charge in [0.1, 0.15) is 11.8 Å². The molecule has 1 amide bonds. The number of rotatable bonds is 4. The van der Waals surface area contributed by atoms with Crippen LogP contribution >= 0.6 is 0 Å². The van der Waals surface area contributed by atoms with Gasteiger partial charge < -0.3 is 19.2 Å². The topological polar surface area (TPSA) is 77.8 Å². The zero-order valence-electron chi connectivity index (χ0n) is 14.5. The van der Waals surface area contributed by atoms with E-state index in [0.717, 1.165) is 11.3 Å². The van der Waals surface area contributed by atoms with Gasteiger partial charge in [0.15, 0.2) is 0 Å². The number of carbonyl (C=O) groups excluding carboxylic acids is 1. The number of aromatic nitrogens is 3. The zero-order chi connectivity index (χ0) is 17.9. The van der Waals surface area contributed by atoms with E-state index in [-0.39, 0.29) is 18.1 Å². The van der Waals surface area contributed by atoms with E-state index in [1.54, 1.807) is 24.5 Å². The molecule has 7 heteroatoms. The van der Waals surface area contributed by atoms with E-state index in [1.807, 2.05) is 35.7 Å². The predicted octanol–water partition coefficient (Wildman–Crippen LogP) is 2.00. The summed E-state index contributed by atoms with van der Waals surface area (Å²) < 4.78 is 13.3. The summed E-state index contributed by atoms with van der Waals surface area (Å²) in [6.45, 7) is 2.93. The van der Waals surface area contributed by atoms with Crippen LogP contribution < -0.4 is 10.1 Å². The van der Waals surface area contributed by atoms with Crippen LogP contribution in [0.2, 0.25) is 0 Å². The molecule has 1 saturated heterocycles. The molecule has 1 N–H and O–H groups in total. The van der Waals surface area contributed by atoms with Crippen LogP contribution in [-0.2, 0) is 4.74 Å². The fourth-order valence-electron chi connectivity index (χ4n) is 3.07. The molecule has 7 nitrogen and oxygen atoms in total. The van der Waals surface area contributed by atoms with Gasteiger partial charge in [0.2, 0.25) is 5.88 Å². The summed E-state index contributed by atoms with van der Waals surface area (Å²) in [6.07, 6.45) is 5.78. The normalized spacial score (nSPS) is 20.0. The van der Waals surface area contributed by atoms with E-state index in [0.29, 0.717) is 31.1 Å². The molecule has 1 fully saturated rings. The molecular weight excluding hydrogens is 332 g/mol. The number of amides is 1. The highest BCUT2D eigenvalue weighted by Crippen LogP contribution is 2.16. The van der Waals surface area contributed by atoms with Crippen molar-refractivity contribution < 1.29 is 14.3 Å². The Hall–Kier alpha value is -2.93. The molecule has 0 radical (unpaired) electrons. The number of nitrogens with zero attached hydrogens (tertiary/aromatic N) is 3. The van der Waals surface area contributed by atoms with Gasteiger partial charge in [-0.2, -0.15) is 0 Å². The molecule has 0 bridgehead atoms. The summed E-state index contributed by atoms with van der Waals surface area (Å²) in [5, 5.41) is 3.07. The SMILES string of the molecule is Cc1cn2cc(C(=O)N[C@@H]3CCOC[C@H]3Oc3ccccn3)ccc2n1. The number of nitrogens with one attached hydrogen (secondary N) is 1. The molecule has 134 valence electrons. The van der Waals surface area contributed by atoms with Crippen molar-refractivity contribution in [3.8, 4) is 5.88 Å². The molecule has 1 aliphatic rings. The molecule has 1 aliphatic heterocycles. The lowest BCUT2D eigenvalue weighted by Crippen LogP contribution is -2.51. The molecule has 0 spiro atoms. The first-order chi connectivity index (χ1) is 12.7. The Morgan fingerprint density at radius 1 is 1.31 bits per heavy atom. The van der Waals surface area contributed by atoms with Crippen LogP contribution in [0.25, 0.3) is 5.65 Å². The fraction of sp³-hybridized carbons (Fsp3) is 0.316. The van der Waals surface area contributed by atoms with E-state index in [4.69, 9.17) is 9.47 Å². The summed E-state index contributed by atoms with van der Waals surface area (Å²) in [6, 6.07) is 8.97. The van der Waals surface area contributed by atoms with Crippen molar-refractivity contribution >= 4 is 11.6 Å². The Labute approximate surface area is 151 Å². The van der Waals surface area contributed by atoms with Crippen molar-refractivity contribution in [3.63, 3.8) is 0 Å². The number of pyridine rings is 2. The summed E-state index contributed by atoms with van der Waals surface area (Å²) in [5.41, 5.74) is 2.32. The fourth-order valence-corrected chi connectivity index (χ4v) is 3.07. The van der Waals surface area contributed by atoms with Crippen LogP contribution in [-0.4, -0.2) is 45.6 Å². The first-order valence-corrected chi connectivity index (χ1v) is 8.61. The lowest BCUT2D eigenvalue weighted by Gasteiger charge is -2.32. The van der Waals surface area contributed by atoms with Gasteiger partial charge in [0, 0.05) is 31.3 Å². The Bertz CT molecular complexity index is 910. The molecule has 26 heavy (non-hydrogen) atoms. The molecule has 0 unspecified atom stereocenters. The van der Waals surface area contributed by atoms with Crippen molar-refractivity contribution in [2.24, 2.45) is 0 Å². The minimum Gasteiger partial charge on any atom is -0.470 e. The Kier molecular flexibility index (Phi) is 4.53. The van der Waals surface area contributed by atoms with Crippen molar-refractivity contribution in [2.75, 3.05) is 13.2 Å². The second kappa shape index (κ2) is 7.13. The van der Waals surface area contributed by atoms with Gasteiger partial charge in [-0.15, -0.1) is 0 Å². The molecule has 0 aliphatic carbocycles. The largest absolute Gasteiger partial charge is 0.470 e. The van der Waals surface area contributed by atoms with Gasteiger partial charge in [0.05, 0.1) is 23.9 Å². The van der Waals surface area contributed by atoms with Gasteiger partial charge in [0.25, 0.3) is 5.91 Å². The van der Waals surface area contributed by atoms with E-state index in [2.05, 4.69) is 15.3 Å². The van der Waals surface area contributed by atoms with Gasteiger partial charge in [-0.25, -0.2) is 9.97 Å². The number of hydrogen-bond acceptors (Lipinski definition) is 5. The van der Waals surface area contributed by atoms with Crippen LogP contribution in [0.4, 0.5) is 0 Å². The predicted molar refractivity (Wildman–Crippen MR) is 95.3 cm³/mol. The molecule has 4 rings (SSSR count). The van der Waals surface area contributed by atoms with Crippen LogP contribution in [0.1, 0.15) is 22.5 Å². The molecule has 3 aromatic heterocycles. The molecule has 3 aromatic rings. The standard InChI is InChI=1S/C19H20N4O3/c1-13-10-23-11-14(5-6-17(23)21-13)19(24)22-15-7-9-25-12-16(15)26-18-4-2-3-8-20-18/h2-6,8,10-11,15-16H,7,9,12H2,1H3,(H,22,24)/t15-,16-/m1/s1. The highest BCUT2D eigenvalue weighted by atomic mass is 16.5. The Morgan fingerprint density at radius 2 is 2.23 bits per heavy atom. The number of ether oxygens (including phenoxy) is 2. The maximum absolute atomic E-state index is 12.7. The summed E-state index contributed by atoms with van der Waals surface area (Å²) in [4.78, 5) is 21.3. The number of hydrogen-bond donors (Lipinski definition) is 1. The van der Waals surface area contributed by atoms with E-state index in [9.17, 15) is 4.79 Å². The molecular formula is C19H20N4O3. The molecule has 4 heterocycles. The molecule has 0 saturated carbocycles. The number of carbonyl (C=O) groups is 1. The number of aryl methyl sites for hydroxylation is 1. The second-order valence-electron chi connectivity index (χ2n) is 6.33. The Morgan fingerprint density at radius 3 is 3.08 bits per heavy atom. The lowest BCUT2D eigenvalue weighted by atomic mass is 10.1. The lowest BCUT2D eigenvalue weighted by molar-refractivity contribution is -0.0153. The highest BCUT2D eigenvalue weighted by molar-refractivity contribution is 5.94. The van der Waals surface area contributed by atoms with Gasteiger partial charge in [-0.3, -0.25) is 4.79 Å². The quantitative estimate of drug-likeness (QED) is 0.777. The first-order valence-electron chi connectivity index (χ1n) is 8.61. The third kappa shape index (κ3) is 3.52. The van der Waals surface area contributed by atoms with Crippen LogP contribution in [0.5, 0.6) is 5.88 Å². The third-order valence-corrected chi connectivity index (χ3v) is 4.36. The van der Waals surface area contributed by atoms with Crippen molar-refractivity contribution in [1.29, 1.82) is 0 Å². The minimum absolute atomic E-state index is 0.139. The van der Waals surface area contributed by atoms with Crippen molar-refractivity contribution in [3.05, 3.63) is 60.2 Å². The smallest absolute Gasteiger partial charge is 0.253 e. The van der Waals surface area contributed by atoms with Crippen molar-refractivity contribution in [2.45, 2.75) is 25.5 Å².